The maximum absolute atomic E-state index is 13.3. The third kappa shape index (κ3) is 8.79. The van der Waals surface area contributed by atoms with Crippen molar-refractivity contribution in [2.45, 2.75) is 96.4 Å². The normalized spacial score (nSPS) is 21.1. The molecule has 1 heterocycles. The molecule has 8 nitrogen and oxygen atoms in total. The zero-order valence-electron chi connectivity index (χ0n) is 24.6. The van der Waals surface area contributed by atoms with Gasteiger partial charge in [0.25, 0.3) is 0 Å². The van der Waals surface area contributed by atoms with Gasteiger partial charge in [0, 0.05) is 50.9 Å². The van der Waals surface area contributed by atoms with E-state index in [1.807, 2.05) is 32.9 Å². The molecule has 0 spiro atoms. The summed E-state index contributed by atoms with van der Waals surface area (Å²) in [6.07, 6.45) is 9.69. The number of likely N-dealkylation sites (tertiary alicyclic amines) is 1. The molecule has 1 saturated heterocycles. The summed E-state index contributed by atoms with van der Waals surface area (Å²) in [7, 11) is 6.69. The molecule has 0 N–H and O–H groups in total. The van der Waals surface area contributed by atoms with Gasteiger partial charge < -0.3 is 24.0 Å². The maximum Gasteiger partial charge on any atom is 0.409 e. The van der Waals surface area contributed by atoms with Crippen molar-refractivity contribution in [1.82, 2.24) is 14.7 Å². The Morgan fingerprint density at radius 1 is 0.974 bits per heavy atom. The molecule has 1 aromatic rings. The molecule has 2 atom stereocenters. The molecule has 2 saturated carbocycles. The molecule has 3 fully saturated rings. The van der Waals surface area contributed by atoms with Crippen LogP contribution in [0.2, 0.25) is 0 Å². The van der Waals surface area contributed by atoms with Crippen molar-refractivity contribution < 1.29 is 23.8 Å². The van der Waals surface area contributed by atoms with Crippen LogP contribution in [0, 0.1) is 5.92 Å². The Labute approximate surface area is 229 Å². The van der Waals surface area contributed by atoms with Gasteiger partial charge in [-0.15, -0.1) is 0 Å². The summed E-state index contributed by atoms with van der Waals surface area (Å²) < 4.78 is 15.9. The fourth-order valence-corrected chi connectivity index (χ4v) is 5.51. The largest absolute Gasteiger partial charge is 0.497 e. The van der Waals surface area contributed by atoms with E-state index in [2.05, 4.69) is 15.9 Å². The molecule has 1 unspecified atom stereocenters. The molecule has 2 aliphatic carbocycles. The van der Waals surface area contributed by atoms with Gasteiger partial charge in [0.05, 0.1) is 20.8 Å². The third-order valence-electron chi connectivity index (χ3n) is 7.59. The molecule has 3 aliphatic rings. The molecule has 214 valence electrons. The van der Waals surface area contributed by atoms with E-state index in [9.17, 15) is 9.59 Å². The smallest absolute Gasteiger partial charge is 0.409 e. The zero-order valence-corrected chi connectivity index (χ0v) is 24.6. The van der Waals surface area contributed by atoms with E-state index in [-0.39, 0.29) is 11.7 Å². The molecule has 1 aliphatic heterocycles. The lowest BCUT2D eigenvalue weighted by atomic mass is 9.78. The second-order valence-electron chi connectivity index (χ2n) is 12.0. The van der Waals surface area contributed by atoms with Gasteiger partial charge in [0.15, 0.2) is 0 Å². The van der Waals surface area contributed by atoms with Gasteiger partial charge in [0.2, 0.25) is 5.91 Å². The Kier molecular flexibility index (Phi) is 10.7. The first kappa shape index (κ1) is 30.1. The summed E-state index contributed by atoms with van der Waals surface area (Å²) >= 11 is 0. The molecule has 1 aromatic carbocycles. The van der Waals surface area contributed by atoms with Crippen LogP contribution in [0.5, 0.6) is 11.5 Å². The van der Waals surface area contributed by atoms with Crippen LogP contribution in [-0.2, 0) is 16.1 Å². The number of nitrogens with zero attached hydrogens (tertiary/aromatic N) is 3. The van der Waals surface area contributed by atoms with E-state index >= 15 is 0 Å². The van der Waals surface area contributed by atoms with Gasteiger partial charge >= 0.3 is 6.09 Å². The van der Waals surface area contributed by atoms with Crippen LogP contribution in [0.25, 0.3) is 0 Å². The monoisotopic (exact) mass is 531 g/mol. The Hall–Kier alpha value is -2.48. The molecular formula is C30H49N3O5. The number of benzene rings is 1. The van der Waals surface area contributed by atoms with Crippen LogP contribution in [0.1, 0.15) is 77.7 Å². The lowest BCUT2D eigenvalue weighted by molar-refractivity contribution is -0.139. The molecule has 2 amide bonds. The number of ether oxygens (including phenoxy) is 3. The molecule has 0 aromatic heterocycles. The minimum absolute atomic E-state index is 0.299. The highest BCUT2D eigenvalue weighted by atomic mass is 16.6. The van der Waals surface area contributed by atoms with Crippen LogP contribution in [0.3, 0.4) is 0 Å². The van der Waals surface area contributed by atoms with Gasteiger partial charge in [-0.25, -0.2) is 4.79 Å². The summed E-state index contributed by atoms with van der Waals surface area (Å²) in [5, 5.41) is 0. The van der Waals surface area contributed by atoms with Crippen molar-refractivity contribution in [3.63, 3.8) is 0 Å². The predicted octanol–water partition coefficient (Wildman–Crippen LogP) is 5.33. The highest BCUT2D eigenvalue weighted by molar-refractivity contribution is 5.79. The summed E-state index contributed by atoms with van der Waals surface area (Å²) in [6.45, 7) is 7.76. The van der Waals surface area contributed by atoms with Crippen molar-refractivity contribution >= 4 is 12.0 Å². The van der Waals surface area contributed by atoms with E-state index in [4.69, 9.17) is 14.2 Å². The molecule has 4 rings (SSSR count). The van der Waals surface area contributed by atoms with Gasteiger partial charge in [-0.3, -0.25) is 9.69 Å². The molecule has 0 bridgehead atoms. The SMILES string of the molecule is CN(C)C(=O)OC(C)(C)C.COc1ccc(CN(CC(=O)N2CCCC3CCCC[C@@H]32)C2CC2)c(OC)c1. The van der Waals surface area contributed by atoms with Crippen molar-refractivity contribution in [1.29, 1.82) is 0 Å². The Morgan fingerprint density at radius 3 is 2.24 bits per heavy atom. The number of hydrogen-bond donors (Lipinski definition) is 0. The van der Waals surface area contributed by atoms with E-state index in [1.54, 1.807) is 28.3 Å². The van der Waals surface area contributed by atoms with E-state index < -0.39 is 0 Å². The zero-order chi connectivity index (χ0) is 27.9. The van der Waals surface area contributed by atoms with Crippen LogP contribution in [0.15, 0.2) is 18.2 Å². The second-order valence-corrected chi connectivity index (χ2v) is 12.0. The first-order valence-electron chi connectivity index (χ1n) is 14.2. The van der Waals surface area contributed by atoms with Gasteiger partial charge in [0.1, 0.15) is 17.1 Å². The number of carbonyl (C=O) groups excluding carboxylic acids is 2. The maximum atomic E-state index is 13.3. The molecule has 8 heteroatoms. The first-order chi connectivity index (χ1) is 18.0. The summed E-state index contributed by atoms with van der Waals surface area (Å²) in [5.74, 6) is 2.70. The third-order valence-corrected chi connectivity index (χ3v) is 7.59. The standard InChI is InChI=1S/C23H34N2O3.C7H15NO2/c1-27-20-12-9-18(22(14-20)28-2)15-24(19-10-11-19)16-23(26)25-13-5-7-17-6-3-4-8-21(17)25;1-7(2,3)10-6(9)8(4)5/h9,12,14,17,19,21H,3-8,10-11,13,15-16H2,1-2H3;1-5H3/t17?,21-;/m0./s1. The number of amides is 2. The second kappa shape index (κ2) is 13.5. The number of rotatable bonds is 7. The van der Waals surface area contributed by atoms with Gasteiger partial charge in [-0.2, -0.15) is 0 Å². The first-order valence-corrected chi connectivity index (χ1v) is 14.2. The molecule has 38 heavy (non-hydrogen) atoms. The van der Waals surface area contributed by atoms with Crippen LogP contribution in [-0.4, -0.2) is 85.8 Å². The quantitative estimate of drug-likeness (QED) is 0.474. The number of carbonyl (C=O) groups is 2. The van der Waals surface area contributed by atoms with Crippen LogP contribution < -0.4 is 9.47 Å². The number of fused-ring (bicyclic) bond motifs is 1. The lowest BCUT2D eigenvalue weighted by Crippen LogP contribution is -2.52. The van der Waals surface area contributed by atoms with E-state index in [1.165, 1.54) is 56.3 Å². The minimum Gasteiger partial charge on any atom is -0.497 e. The highest BCUT2D eigenvalue weighted by Gasteiger charge is 2.38. The van der Waals surface area contributed by atoms with Crippen LogP contribution in [0.4, 0.5) is 4.79 Å². The summed E-state index contributed by atoms with van der Waals surface area (Å²) in [6, 6.07) is 6.99. The molecular weight excluding hydrogens is 482 g/mol. The van der Waals surface area contributed by atoms with Crippen molar-refractivity contribution in [2.24, 2.45) is 5.92 Å². The van der Waals surface area contributed by atoms with Crippen molar-refractivity contribution in [3.05, 3.63) is 23.8 Å². The number of methoxy groups -OCH3 is 2. The fourth-order valence-electron chi connectivity index (χ4n) is 5.51. The number of piperidine rings is 1. The summed E-state index contributed by atoms with van der Waals surface area (Å²) in [4.78, 5) is 30.1. The van der Waals surface area contributed by atoms with Crippen molar-refractivity contribution in [3.8, 4) is 11.5 Å². The molecule has 0 radical (unpaired) electrons. The topological polar surface area (TPSA) is 71.6 Å². The van der Waals surface area contributed by atoms with Crippen molar-refractivity contribution in [2.75, 3.05) is 41.4 Å². The van der Waals surface area contributed by atoms with E-state index in [0.717, 1.165) is 36.1 Å². The minimum atomic E-state index is -0.388. The van der Waals surface area contributed by atoms with Crippen LogP contribution >= 0.6 is 0 Å². The van der Waals surface area contributed by atoms with E-state index in [0.29, 0.717) is 24.5 Å². The highest BCUT2D eigenvalue weighted by Crippen LogP contribution is 2.36. The Bertz CT molecular complexity index is 923. The fraction of sp³-hybridized carbons (Fsp3) is 0.733. The lowest BCUT2D eigenvalue weighted by Gasteiger charge is -2.44. The average Bonchev–Trinajstić information content (AvgIpc) is 3.73. The average molecular weight is 532 g/mol. The summed E-state index contributed by atoms with van der Waals surface area (Å²) in [5.41, 5.74) is 0.735. The Morgan fingerprint density at radius 2 is 1.66 bits per heavy atom. The predicted molar refractivity (Wildman–Crippen MR) is 150 cm³/mol. The van der Waals surface area contributed by atoms with Gasteiger partial charge in [-0.1, -0.05) is 18.9 Å². The number of hydrogen-bond acceptors (Lipinski definition) is 6. The van der Waals surface area contributed by atoms with Gasteiger partial charge in [-0.05, 0) is 71.3 Å². The Balaban J connectivity index is 0.000000342.